The average Bonchev–Trinajstić information content (AvgIpc) is 3.34. The number of tetrazole rings is 1. The van der Waals surface area contributed by atoms with Gasteiger partial charge in [-0.2, -0.15) is 10.2 Å². The number of primary amides is 1. The number of amides is 2. The highest BCUT2D eigenvalue weighted by molar-refractivity contribution is 5.96. The second-order valence-corrected chi connectivity index (χ2v) is 7.11. The predicted octanol–water partition coefficient (Wildman–Crippen LogP) is 0.483. The van der Waals surface area contributed by atoms with Crippen molar-refractivity contribution >= 4 is 29.3 Å². The first kappa shape index (κ1) is 20.8. The van der Waals surface area contributed by atoms with E-state index in [0.29, 0.717) is 24.6 Å². The molecular formula is C19H21N11O2. The Morgan fingerprint density at radius 2 is 2.03 bits per heavy atom. The molecule has 4 rings (SSSR count). The summed E-state index contributed by atoms with van der Waals surface area (Å²) in [5.41, 5.74) is 6.75. The van der Waals surface area contributed by atoms with E-state index in [2.05, 4.69) is 53.0 Å². The Balaban J connectivity index is 1.51. The molecule has 2 aromatic heterocycles. The molecule has 164 valence electrons. The molecule has 1 aliphatic heterocycles. The van der Waals surface area contributed by atoms with Gasteiger partial charge in [0.15, 0.2) is 11.5 Å². The molecule has 2 amide bonds. The molecule has 0 aliphatic carbocycles. The second kappa shape index (κ2) is 9.16. The maximum Gasteiger partial charge on any atom is 0.273 e. The molecule has 13 heteroatoms. The van der Waals surface area contributed by atoms with Gasteiger partial charge >= 0.3 is 0 Å². The first-order valence-corrected chi connectivity index (χ1v) is 9.87. The highest BCUT2D eigenvalue weighted by Crippen LogP contribution is 2.22. The van der Waals surface area contributed by atoms with E-state index in [1.807, 2.05) is 0 Å². The first-order valence-electron chi connectivity index (χ1n) is 9.87. The van der Waals surface area contributed by atoms with Crippen LogP contribution < -0.4 is 16.4 Å². The molecule has 0 spiro atoms. The minimum Gasteiger partial charge on any atom is -0.364 e. The van der Waals surface area contributed by atoms with Crippen LogP contribution in [0.25, 0.3) is 11.4 Å². The molecule has 0 radical (unpaired) electrons. The number of benzene rings is 1. The maximum atomic E-state index is 11.9. The zero-order valence-electron chi connectivity index (χ0n) is 17.0. The van der Waals surface area contributed by atoms with E-state index < -0.39 is 5.91 Å². The van der Waals surface area contributed by atoms with E-state index in [4.69, 9.17) is 5.73 Å². The Kier molecular flexibility index (Phi) is 5.96. The van der Waals surface area contributed by atoms with Gasteiger partial charge in [-0.15, -0.1) is 20.4 Å². The lowest BCUT2D eigenvalue weighted by Crippen LogP contribution is -2.44. The van der Waals surface area contributed by atoms with Gasteiger partial charge in [0.1, 0.15) is 0 Å². The van der Waals surface area contributed by atoms with Crippen molar-refractivity contribution in [3.63, 3.8) is 0 Å². The summed E-state index contributed by atoms with van der Waals surface area (Å²) in [6.45, 7) is 4.70. The number of carbonyl (C=O) groups is 2. The summed E-state index contributed by atoms with van der Waals surface area (Å²) >= 11 is 0. The minimum absolute atomic E-state index is 0.0593. The summed E-state index contributed by atoms with van der Waals surface area (Å²) in [7, 11) is 0. The second-order valence-electron chi connectivity index (χ2n) is 7.11. The van der Waals surface area contributed by atoms with Crippen LogP contribution in [0.2, 0.25) is 0 Å². The molecule has 0 unspecified atom stereocenters. The van der Waals surface area contributed by atoms with Gasteiger partial charge in [0, 0.05) is 30.4 Å². The third-order valence-electron chi connectivity index (χ3n) is 4.91. The van der Waals surface area contributed by atoms with E-state index in [-0.39, 0.29) is 29.4 Å². The number of likely N-dealkylation sites (tertiary alicyclic amines) is 1. The monoisotopic (exact) mass is 435 g/mol. The standard InChI is InChI=1S/C19H21N11O2/c1-2-14(31)30-9-3-4-13(10-30)22-19-23-18(15(16(20)32)24-27-19)21-12-7-5-11(6-8-12)17-25-28-29-26-17/h2,5-8,13H,1,3-4,9-10H2,(H2,20,32)(H2,21,22,23,27)(H,25,26,28,29)/t13-/m1/s1. The predicted molar refractivity (Wildman–Crippen MR) is 115 cm³/mol. The summed E-state index contributed by atoms with van der Waals surface area (Å²) in [5.74, 6) is -0.0360. The number of rotatable bonds is 7. The summed E-state index contributed by atoms with van der Waals surface area (Å²) in [6.07, 6.45) is 2.97. The van der Waals surface area contributed by atoms with Crippen LogP contribution in [0.5, 0.6) is 0 Å². The molecule has 3 aromatic rings. The summed E-state index contributed by atoms with van der Waals surface area (Å²) < 4.78 is 0. The Bertz CT molecular complexity index is 1110. The van der Waals surface area contributed by atoms with Crippen molar-refractivity contribution in [3.05, 3.63) is 42.6 Å². The van der Waals surface area contributed by atoms with Crippen molar-refractivity contribution in [1.29, 1.82) is 0 Å². The summed E-state index contributed by atoms with van der Waals surface area (Å²) in [5, 5.41) is 27.9. The Morgan fingerprint density at radius 3 is 2.72 bits per heavy atom. The zero-order chi connectivity index (χ0) is 22.5. The normalized spacial score (nSPS) is 15.8. The lowest BCUT2D eigenvalue weighted by Gasteiger charge is -2.32. The van der Waals surface area contributed by atoms with Crippen LogP contribution in [0.4, 0.5) is 17.5 Å². The average molecular weight is 435 g/mol. The van der Waals surface area contributed by atoms with Crippen LogP contribution in [-0.4, -0.2) is 71.7 Å². The number of piperidine rings is 1. The van der Waals surface area contributed by atoms with Crippen LogP contribution in [0, 0.1) is 0 Å². The highest BCUT2D eigenvalue weighted by Gasteiger charge is 2.23. The van der Waals surface area contributed by atoms with Gasteiger partial charge < -0.3 is 21.3 Å². The third kappa shape index (κ3) is 4.66. The van der Waals surface area contributed by atoms with Gasteiger partial charge in [0.05, 0.1) is 0 Å². The number of aromatic amines is 1. The van der Waals surface area contributed by atoms with Crippen molar-refractivity contribution < 1.29 is 9.59 Å². The van der Waals surface area contributed by atoms with Crippen molar-refractivity contribution in [2.45, 2.75) is 18.9 Å². The highest BCUT2D eigenvalue weighted by atomic mass is 16.2. The van der Waals surface area contributed by atoms with Crippen molar-refractivity contribution in [2.24, 2.45) is 5.73 Å². The molecule has 3 heterocycles. The maximum absolute atomic E-state index is 11.9. The quantitative estimate of drug-likeness (QED) is 0.381. The number of nitrogens with one attached hydrogen (secondary N) is 3. The van der Waals surface area contributed by atoms with E-state index in [1.165, 1.54) is 6.08 Å². The number of nitrogens with zero attached hydrogens (tertiary/aromatic N) is 7. The molecule has 1 atom stereocenters. The molecule has 32 heavy (non-hydrogen) atoms. The number of hydrogen-bond acceptors (Lipinski definition) is 10. The van der Waals surface area contributed by atoms with Crippen LogP contribution in [-0.2, 0) is 4.79 Å². The fourth-order valence-corrected chi connectivity index (χ4v) is 3.37. The van der Waals surface area contributed by atoms with E-state index >= 15 is 0 Å². The van der Waals surface area contributed by atoms with Crippen LogP contribution in [0.15, 0.2) is 36.9 Å². The van der Waals surface area contributed by atoms with Crippen LogP contribution in [0.1, 0.15) is 23.3 Å². The van der Waals surface area contributed by atoms with Crippen molar-refractivity contribution in [1.82, 2.24) is 40.7 Å². The zero-order valence-corrected chi connectivity index (χ0v) is 17.0. The van der Waals surface area contributed by atoms with E-state index in [1.54, 1.807) is 29.2 Å². The number of nitrogens with two attached hydrogens (primary N) is 1. The molecule has 1 aliphatic rings. The summed E-state index contributed by atoms with van der Waals surface area (Å²) in [4.78, 5) is 29.8. The lowest BCUT2D eigenvalue weighted by molar-refractivity contribution is -0.127. The number of hydrogen-bond donors (Lipinski definition) is 4. The Morgan fingerprint density at radius 1 is 1.22 bits per heavy atom. The molecule has 13 nitrogen and oxygen atoms in total. The van der Waals surface area contributed by atoms with Crippen LogP contribution in [0.3, 0.4) is 0 Å². The van der Waals surface area contributed by atoms with E-state index in [0.717, 1.165) is 18.4 Å². The topological polar surface area (TPSA) is 181 Å². The third-order valence-corrected chi connectivity index (χ3v) is 4.91. The number of carbonyl (C=O) groups excluding carboxylic acids is 2. The molecule has 5 N–H and O–H groups in total. The molecule has 1 saturated heterocycles. The smallest absolute Gasteiger partial charge is 0.273 e. The molecule has 0 bridgehead atoms. The van der Waals surface area contributed by atoms with Crippen LogP contribution >= 0.6 is 0 Å². The first-order chi connectivity index (χ1) is 15.5. The number of anilines is 3. The Hall–Kier alpha value is -4.42. The molecule has 0 saturated carbocycles. The fraction of sp³-hybridized carbons (Fsp3) is 0.263. The lowest BCUT2D eigenvalue weighted by atomic mass is 10.1. The largest absolute Gasteiger partial charge is 0.364 e. The number of H-pyrrole nitrogens is 1. The van der Waals surface area contributed by atoms with Gasteiger partial charge in [-0.25, -0.2) is 0 Å². The Labute approximate surface area is 182 Å². The molecule has 1 aromatic carbocycles. The fourth-order valence-electron chi connectivity index (χ4n) is 3.37. The number of aromatic nitrogens is 7. The summed E-state index contributed by atoms with van der Waals surface area (Å²) in [6, 6.07) is 7.06. The SMILES string of the molecule is C=CC(=O)N1CCC[C@@H](Nc2nnc(C(N)=O)c(Nc3ccc(-c4nn[nH]n4)cc3)n2)C1. The molecular weight excluding hydrogens is 414 g/mol. The van der Waals surface area contributed by atoms with Gasteiger partial charge in [0.2, 0.25) is 17.7 Å². The minimum atomic E-state index is -0.761. The van der Waals surface area contributed by atoms with Gasteiger partial charge in [-0.1, -0.05) is 6.58 Å². The van der Waals surface area contributed by atoms with Crippen molar-refractivity contribution in [3.8, 4) is 11.4 Å². The van der Waals surface area contributed by atoms with Gasteiger partial charge in [0.25, 0.3) is 5.91 Å². The van der Waals surface area contributed by atoms with Gasteiger partial charge in [-0.05, 0) is 48.4 Å². The van der Waals surface area contributed by atoms with E-state index in [9.17, 15) is 9.59 Å². The van der Waals surface area contributed by atoms with Crippen molar-refractivity contribution in [2.75, 3.05) is 23.7 Å². The molecule has 1 fully saturated rings. The van der Waals surface area contributed by atoms with Gasteiger partial charge in [-0.3, -0.25) is 9.59 Å².